The van der Waals surface area contributed by atoms with E-state index in [-0.39, 0.29) is 12.4 Å². The molecule has 0 fully saturated rings. The Morgan fingerprint density at radius 3 is 2.56 bits per heavy atom. The summed E-state index contributed by atoms with van der Waals surface area (Å²) >= 11 is 0. The van der Waals surface area contributed by atoms with Crippen molar-refractivity contribution < 1.29 is 19.0 Å². The van der Waals surface area contributed by atoms with Crippen molar-refractivity contribution >= 4 is 23.1 Å². The van der Waals surface area contributed by atoms with E-state index in [1.807, 2.05) is 66.9 Å². The number of aliphatic imine (C=N–C) groups is 1. The molecule has 1 N–H and O–H groups in total. The smallest absolute Gasteiger partial charge is 0.210 e. The molecule has 8 heteroatoms. The largest absolute Gasteiger partial charge is 0.493 e. The quantitative estimate of drug-likeness (QED) is 0.453. The molecule has 0 amide bonds. The van der Waals surface area contributed by atoms with Gasteiger partial charge in [0, 0.05) is 11.8 Å². The predicted molar refractivity (Wildman–Crippen MR) is 129 cm³/mol. The first-order valence-corrected chi connectivity index (χ1v) is 10.9. The summed E-state index contributed by atoms with van der Waals surface area (Å²) in [4.78, 5) is 23.0. The Morgan fingerprint density at radius 2 is 1.76 bits per heavy atom. The molecule has 0 saturated carbocycles. The van der Waals surface area contributed by atoms with Gasteiger partial charge in [0.2, 0.25) is 5.78 Å². The number of nitrogens with zero attached hydrogens (tertiary/aromatic N) is 3. The molecule has 0 spiro atoms. The number of aromatic nitrogens is 2. The third-order valence-corrected chi connectivity index (χ3v) is 5.63. The molecule has 2 aromatic carbocycles. The average Bonchev–Trinajstić information content (AvgIpc) is 3.18. The molecule has 0 aliphatic carbocycles. The van der Waals surface area contributed by atoms with Crippen LogP contribution in [0.3, 0.4) is 0 Å². The molecule has 172 valence electrons. The fourth-order valence-corrected chi connectivity index (χ4v) is 3.94. The van der Waals surface area contributed by atoms with Crippen LogP contribution in [0.4, 0.5) is 5.82 Å². The number of nitrogens with one attached hydrogen (secondary N) is 1. The van der Waals surface area contributed by atoms with E-state index in [1.54, 1.807) is 24.7 Å². The number of fused-ring (bicyclic) bond motifs is 3. The van der Waals surface area contributed by atoms with Gasteiger partial charge in [0.05, 0.1) is 27.4 Å². The molecule has 0 unspecified atom stereocenters. The zero-order chi connectivity index (χ0) is 23.5. The van der Waals surface area contributed by atoms with Crippen molar-refractivity contribution in [3.63, 3.8) is 0 Å². The summed E-state index contributed by atoms with van der Waals surface area (Å²) in [7, 11) is 3.16. The van der Waals surface area contributed by atoms with Crippen LogP contribution in [0, 0.1) is 0 Å². The highest BCUT2D eigenvalue weighted by atomic mass is 16.5. The third-order valence-electron chi connectivity index (χ3n) is 5.63. The number of imidazole rings is 1. The van der Waals surface area contributed by atoms with E-state index in [0.717, 1.165) is 11.1 Å². The Balaban J connectivity index is 1.53. The van der Waals surface area contributed by atoms with Gasteiger partial charge < -0.3 is 19.5 Å². The van der Waals surface area contributed by atoms with Gasteiger partial charge in [-0.2, -0.15) is 0 Å². The van der Waals surface area contributed by atoms with Crippen LogP contribution < -0.4 is 14.8 Å². The lowest BCUT2D eigenvalue weighted by Crippen LogP contribution is -2.26. The second-order valence-electron chi connectivity index (χ2n) is 7.79. The minimum atomic E-state index is -0.749. The van der Waals surface area contributed by atoms with Crippen molar-refractivity contribution in [2.45, 2.75) is 12.6 Å². The summed E-state index contributed by atoms with van der Waals surface area (Å²) in [6.07, 6.45) is 1.82. The first kappa shape index (κ1) is 21.7. The molecule has 4 aromatic rings. The summed E-state index contributed by atoms with van der Waals surface area (Å²) in [6, 6.07) is 20.2. The van der Waals surface area contributed by atoms with Gasteiger partial charge in [-0.3, -0.25) is 14.2 Å². The van der Waals surface area contributed by atoms with Crippen molar-refractivity contribution in [2.75, 3.05) is 26.1 Å². The summed E-state index contributed by atoms with van der Waals surface area (Å²) < 4.78 is 18.5. The Hall–Kier alpha value is -4.17. The molecule has 5 rings (SSSR count). The molecule has 1 aliphatic heterocycles. The molecule has 3 heterocycles. The van der Waals surface area contributed by atoms with Gasteiger partial charge in [-0.05, 0) is 35.9 Å². The van der Waals surface area contributed by atoms with Crippen LogP contribution in [0.5, 0.6) is 11.5 Å². The van der Waals surface area contributed by atoms with Gasteiger partial charge in [0.25, 0.3) is 0 Å². The zero-order valence-electron chi connectivity index (χ0n) is 18.9. The van der Waals surface area contributed by atoms with E-state index in [0.29, 0.717) is 41.1 Å². The van der Waals surface area contributed by atoms with Crippen molar-refractivity contribution in [3.05, 3.63) is 89.7 Å². The van der Waals surface area contributed by atoms with Crippen molar-refractivity contribution in [3.8, 4) is 11.5 Å². The maximum absolute atomic E-state index is 13.6. The van der Waals surface area contributed by atoms with Crippen LogP contribution in [0.15, 0.2) is 77.9 Å². The van der Waals surface area contributed by atoms with E-state index in [1.165, 1.54) is 0 Å². The van der Waals surface area contributed by atoms with Gasteiger partial charge in [-0.15, -0.1) is 0 Å². The van der Waals surface area contributed by atoms with Crippen LogP contribution in [0.1, 0.15) is 21.6 Å². The predicted octanol–water partition coefficient (Wildman–Crippen LogP) is 3.99. The van der Waals surface area contributed by atoms with Gasteiger partial charge in [-0.25, -0.2) is 4.98 Å². The minimum Gasteiger partial charge on any atom is -0.493 e. The Kier molecular flexibility index (Phi) is 5.97. The fourth-order valence-electron chi connectivity index (χ4n) is 3.94. The van der Waals surface area contributed by atoms with Gasteiger partial charge in [0.1, 0.15) is 23.2 Å². The summed E-state index contributed by atoms with van der Waals surface area (Å²) in [5.41, 5.74) is 2.89. The second-order valence-corrected chi connectivity index (χ2v) is 7.79. The van der Waals surface area contributed by atoms with Crippen LogP contribution >= 0.6 is 0 Å². The maximum Gasteiger partial charge on any atom is 0.210 e. The molecule has 0 radical (unpaired) electrons. The lowest BCUT2D eigenvalue weighted by Gasteiger charge is -2.14. The number of pyridine rings is 1. The lowest BCUT2D eigenvalue weighted by atomic mass is 10.1. The number of anilines is 1. The molecular weight excluding hydrogens is 432 g/mol. The van der Waals surface area contributed by atoms with Gasteiger partial charge in [0.15, 0.2) is 17.3 Å². The van der Waals surface area contributed by atoms with Crippen LogP contribution in [0.25, 0.3) is 5.65 Å². The van der Waals surface area contributed by atoms with E-state index in [9.17, 15) is 4.79 Å². The van der Waals surface area contributed by atoms with E-state index in [4.69, 9.17) is 19.2 Å². The molecule has 0 bridgehead atoms. The molecule has 1 atom stereocenters. The maximum atomic E-state index is 13.6. The Morgan fingerprint density at radius 1 is 0.971 bits per heavy atom. The van der Waals surface area contributed by atoms with E-state index < -0.39 is 6.04 Å². The average molecular weight is 457 g/mol. The number of carbonyl (C=O) groups excluding carboxylic acids is 1. The molecule has 2 aromatic heterocycles. The lowest BCUT2D eigenvalue weighted by molar-refractivity contribution is 0.0785. The summed E-state index contributed by atoms with van der Waals surface area (Å²) in [5.74, 6) is 1.96. The number of amidine groups is 1. The molecule has 34 heavy (non-hydrogen) atoms. The number of ketones is 1. The monoisotopic (exact) mass is 456 g/mol. The number of Topliss-reactive ketones (excluding diaryl/α,β-unsaturated/α-hetero) is 1. The highest BCUT2D eigenvalue weighted by Gasteiger charge is 2.31. The topological polar surface area (TPSA) is 86.5 Å². The third kappa shape index (κ3) is 4.11. The standard InChI is InChI=1S/C26H24N4O4/c1-32-20-12-11-18(14-21(20)33-2)25-27-19(16-34-15-17-8-4-3-5-9-17)24(31)23-26(29-25)28-22-10-6-7-13-30(22)23/h3-14,19H,15-16H2,1-2H3,(H,27,29)/t19-/m0/s1. The Labute approximate surface area is 196 Å². The van der Waals surface area contributed by atoms with Crippen molar-refractivity contribution in [1.29, 1.82) is 0 Å². The normalized spacial score (nSPS) is 15.3. The minimum absolute atomic E-state index is 0.131. The zero-order valence-corrected chi connectivity index (χ0v) is 18.9. The van der Waals surface area contributed by atoms with Gasteiger partial charge >= 0.3 is 0 Å². The summed E-state index contributed by atoms with van der Waals surface area (Å²) in [6.45, 7) is 0.519. The molecule has 8 nitrogen and oxygen atoms in total. The first-order valence-electron chi connectivity index (χ1n) is 10.9. The number of methoxy groups -OCH3 is 2. The summed E-state index contributed by atoms with van der Waals surface area (Å²) in [5, 5.41) is 3.27. The highest BCUT2D eigenvalue weighted by molar-refractivity contribution is 6.16. The first-order chi connectivity index (χ1) is 16.7. The number of hydrogen-bond donors (Lipinski definition) is 1. The van der Waals surface area contributed by atoms with Gasteiger partial charge in [-0.1, -0.05) is 36.4 Å². The molecule has 0 saturated heterocycles. The van der Waals surface area contributed by atoms with Crippen LogP contribution in [0.2, 0.25) is 0 Å². The fraction of sp³-hybridized carbons (Fsp3) is 0.192. The van der Waals surface area contributed by atoms with Crippen molar-refractivity contribution in [1.82, 2.24) is 9.38 Å². The highest BCUT2D eigenvalue weighted by Crippen LogP contribution is 2.30. The van der Waals surface area contributed by atoms with E-state index in [2.05, 4.69) is 10.3 Å². The van der Waals surface area contributed by atoms with Crippen LogP contribution in [-0.4, -0.2) is 47.9 Å². The van der Waals surface area contributed by atoms with Crippen molar-refractivity contribution in [2.24, 2.45) is 4.99 Å². The van der Waals surface area contributed by atoms with Crippen LogP contribution in [-0.2, 0) is 11.3 Å². The van der Waals surface area contributed by atoms with E-state index >= 15 is 0 Å². The number of benzene rings is 2. The molecular formula is C26H24N4O4. The molecule has 1 aliphatic rings. The second kappa shape index (κ2) is 9.36. The number of ether oxygens (including phenoxy) is 3. The Bertz CT molecular complexity index is 1360. The number of rotatable bonds is 7. The number of hydrogen-bond acceptors (Lipinski definition) is 7. The SMILES string of the molecule is COc1ccc(C2=N[C@@H](COCc3ccccc3)C(=O)c3c(nc4ccccn34)N2)cc1OC. The number of carbonyl (C=O) groups is 1.